The van der Waals surface area contributed by atoms with Crippen molar-refractivity contribution in [1.29, 1.82) is 0 Å². The van der Waals surface area contributed by atoms with Crippen LogP contribution in [0.5, 0.6) is 0 Å². The van der Waals surface area contributed by atoms with Crippen molar-refractivity contribution >= 4 is 11.3 Å². The van der Waals surface area contributed by atoms with E-state index in [0.717, 1.165) is 19.4 Å². The van der Waals surface area contributed by atoms with Crippen molar-refractivity contribution in [2.75, 3.05) is 6.54 Å². The van der Waals surface area contributed by atoms with Gasteiger partial charge in [0.1, 0.15) is 5.82 Å². The molecule has 2 rings (SSSR count). The van der Waals surface area contributed by atoms with Gasteiger partial charge in [0.15, 0.2) is 0 Å². The Hall–Kier alpha value is -1.19. The first-order valence-electron chi connectivity index (χ1n) is 6.72. The Kier molecular flexibility index (Phi) is 5.11. The smallest absolute Gasteiger partial charge is 0.123 e. The summed E-state index contributed by atoms with van der Waals surface area (Å²) in [7, 11) is 0. The topological polar surface area (TPSA) is 12.0 Å². The Morgan fingerprint density at radius 1 is 1.21 bits per heavy atom. The maximum absolute atomic E-state index is 13.0. The first-order valence-corrected chi connectivity index (χ1v) is 7.60. The number of halogens is 1. The minimum Gasteiger partial charge on any atom is -0.309 e. The van der Waals surface area contributed by atoms with Crippen molar-refractivity contribution < 1.29 is 4.39 Å². The average Bonchev–Trinajstić information content (AvgIpc) is 2.83. The summed E-state index contributed by atoms with van der Waals surface area (Å²) in [6, 6.07) is 9.30. The first-order chi connectivity index (χ1) is 9.20. The summed E-state index contributed by atoms with van der Waals surface area (Å²) in [5.41, 5.74) is 2.50. The lowest BCUT2D eigenvalue weighted by Crippen LogP contribution is -2.23. The van der Waals surface area contributed by atoms with Crippen molar-refractivity contribution in [2.24, 2.45) is 0 Å². The molecule has 0 spiro atoms. The third kappa shape index (κ3) is 3.88. The molecule has 1 nitrogen and oxygen atoms in total. The number of benzene rings is 1. The van der Waals surface area contributed by atoms with Crippen LogP contribution in [0.3, 0.4) is 0 Å². The molecule has 1 N–H and O–H groups in total. The molecule has 1 aromatic carbocycles. The fourth-order valence-electron chi connectivity index (χ4n) is 2.17. The zero-order chi connectivity index (χ0) is 13.7. The largest absolute Gasteiger partial charge is 0.309 e. The van der Waals surface area contributed by atoms with Gasteiger partial charge < -0.3 is 5.32 Å². The van der Waals surface area contributed by atoms with Crippen molar-refractivity contribution in [3.63, 3.8) is 0 Å². The van der Waals surface area contributed by atoms with Gasteiger partial charge in [-0.25, -0.2) is 4.39 Å². The molecule has 1 heterocycles. The normalized spacial score (nSPS) is 12.6. The molecule has 3 heteroatoms. The van der Waals surface area contributed by atoms with Crippen LogP contribution in [0.2, 0.25) is 0 Å². The summed E-state index contributed by atoms with van der Waals surface area (Å²) >= 11 is 1.79. The van der Waals surface area contributed by atoms with Crippen molar-refractivity contribution in [3.8, 4) is 0 Å². The summed E-state index contributed by atoms with van der Waals surface area (Å²) in [4.78, 5) is 1.39. The van der Waals surface area contributed by atoms with Crippen molar-refractivity contribution in [2.45, 2.75) is 32.7 Å². The molecule has 0 bridgehead atoms. The van der Waals surface area contributed by atoms with E-state index in [1.54, 1.807) is 11.3 Å². The molecule has 1 unspecified atom stereocenters. The molecule has 1 aromatic heterocycles. The Morgan fingerprint density at radius 3 is 2.53 bits per heavy atom. The van der Waals surface area contributed by atoms with E-state index >= 15 is 0 Å². The van der Waals surface area contributed by atoms with Crippen LogP contribution in [-0.2, 0) is 6.42 Å². The monoisotopic (exact) mass is 277 g/mol. The van der Waals surface area contributed by atoms with E-state index in [0.29, 0.717) is 6.04 Å². The molecule has 102 valence electrons. The van der Waals surface area contributed by atoms with Gasteiger partial charge in [0.2, 0.25) is 0 Å². The van der Waals surface area contributed by atoms with Crippen LogP contribution in [0.1, 0.15) is 35.4 Å². The zero-order valence-corrected chi connectivity index (χ0v) is 12.3. The summed E-state index contributed by atoms with van der Waals surface area (Å²) in [5.74, 6) is -0.172. The molecular weight excluding hydrogens is 257 g/mol. The van der Waals surface area contributed by atoms with E-state index < -0.39 is 0 Å². The van der Waals surface area contributed by atoms with Gasteiger partial charge in [0, 0.05) is 10.9 Å². The van der Waals surface area contributed by atoms with Gasteiger partial charge in [0.05, 0.1) is 0 Å². The van der Waals surface area contributed by atoms with Gasteiger partial charge in [0.25, 0.3) is 0 Å². The molecule has 0 amide bonds. The zero-order valence-electron chi connectivity index (χ0n) is 11.4. The standard InChI is InChI=1S/C16H20FNS/c1-3-9-18-15(16-12(2)8-10-19-16)11-13-4-6-14(17)7-5-13/h4-8,10,15,18H,3,9,11H2,1-2H3. The Balaban J connectivity index is 2.14. The molecule has 2 aromatic rings. The minimum atomic E-state index is -0.172. The predicted molar refractivity (Wildman–Crippen MR) is 80.2 cm³/mol. The third-order valence-electron chi connectivity index (χ3n) is 3.21. The van der Waals surface area contributed by atoms with E-state index in [2.05, 4.69) is 30.6 Å². The second-order valence-corrected chi connectivity index (χ2v) is 5.75. The van der Waals surface area contributed by atoms with Gasteiger partial charge >= 0.3 is 0 Å². The van der Waals surface area contributed by atoms with Gasteiger partial charge in [-0.2, -0.15) is 0 Å². The van der Waals surface area contributed by atoms with Gasteiger partial charge in [-0.15, -0.1) is 11.3 Å². The van der Waals surface area contributed by atoms with E-state index in [-0.39, 0.29) is 5.82 Å². The Morgan fingerprint density at radius 2 is 1.95 bits per heavy atom. The number of hydrogen-bond donors (Lipinski definition) is 1. The van der Waals surface area contributed by atoms with Crippen LogP contribution >= 0.6 is 11.3 Å². The van der Waals surface area contributed by atoms with Crippen LogP contribution in [0.4, 0.5) is 4.39 Å². The number of hydrogen-bond acceptors (Lipinski definition) is 2. The summed E-state index contributed by atoms with van der Waals surface area (Å²) in [5, 5.41) is 5.73. The van der Waals surface area contributed by atoms with Gasteiger partial charge in [-0.3, -0.25) is 0 Å². The quantitative estimate of drug-likeness (QED) is 0.821. The molecule has 0 aliphatic heterocycles. The second kappa shape index (κ2) is 6.83. The van der Waals surface area contributed by atoms with Crippen molar-refractivity contribution in [1.82, 2.24) is 5.32 Å². The SMILES string of the molecule is CCCNC(Cc1ccc(F)cc1)c1sccc1C. The second-order valence-electron chi connectivity index (χ2n) is 4.81. The maximum atomic E-state index is 13.0. The van der Waals surface area contributed by atoms with Crippen LogP contribution in [-0.4, -0.2) is 6.54 Å². The number of nitrogens with one attached hydrogen (secondary N) is 1. The maximum Gasteiger partial charge on any atom is 0.123 e. The highest BCUT2D eigenvalue weighted by molar-refractivity contribution is 7.10. The lowest BCUT2D eigenvalue weighted by molar-refractivity contribution is 0.534. The molecule has 0 aliphatic carbocycles. The lowest BCUT2D eigenvalue weighted by Gasteiger charge is -2.18. The molecule has 0 saturated heterocycles. The predicted octanol–water partition coefficient (Wildman–Crippen LogP) is 4.48. The molecule has 19 heavy (non-hydrogen) atoms. The van der Waals surface area contributed by atoms with Crippen LogP contribution in [0.25, 0.3) is 0 Å². The minimum absolute atomic E-state index is 0.172. The van der Waals surface area contributed by atoms with E-state index in [1.807, 2.05) is 12.1 Å². The molecule has 0 radical (unpaired) electrons. The fraction of sp³-hybridized carbons (Fsp3) is 0.375. The van der Waals surface area contributed by atoms with E-state index in [1.165, 1.54) is 28.1 Å². The number of aryl methyl sites for hydroxylation is 1. The molecule has 0 aliphatic rings. The Bertz CT molecular complexity index is 504. The van der Waals surface area contributed by atoms with Gasteiger partial charge in [-0.1, -0.05) is 19.1 Å². The first kappa shape index (κ1) is 14.2. The van der Waals surface area contributed by atoms with Crippen LogP contribution in [0, 0.1) is 12.7 Å². The Labute approximate surface area is 118 Å². The van der Waals surface area contributed by atoms with Crippen LogP contribution in [0.15, 0.2) is 35.7 Å². The average molecular weight is 277 g/mol. The van der Waals surface area contributed by atoms with Crippen LogP contribution < -0.4 is 5.32 Å². The third-order valence-corrected chi connectivity index (χ3v) is 4.34. The molecule has 0 fully saturated rings. The molecular formula is C16H20FNS. The summed E-state index contributed by atoms with van der Waals surface area (Å²) in [6.07, 6.45) is 2.02. The lowest BCUT2D eigenvalue weighted by atomic mass is 10.0. The van der Waals surface area contributed by atoms with E-state index in [9.17, 15) is 4.39 Å². The number of rotatable bonds is 6. The number of thiophene rings is 1. The summed E-state index contributed by atoms with van der Waals surface area (Å²) < 4.78 is 13.0. The molecule has 0 saturated carbocycles. The highest BCUT2D eigenvalue weighted by atomic mass is 32.1. The molecule has 1 atom stereocenters. The highest BCUT2D eigenvalue weighted by Gasteiger charge is 2.15. The highest BCUT2D eigenvalue weighted by Crippen LogP contribution is 2.27. The van der Waals surface area contributed by atoms with Crippen molar-refractivity contribution in [3.05, 3.63) is 57.5 Å². The fourth-order valence-corrected chi connectivity index (χ4v) is 3.18. The van der Waals surface area contributed by atoms with E-state index in [4.69, 9.17) is 0 Å². The van der Waals surface area contributed by atoms with Gasteiger partial charge in [-0.05, 0) is 61.0 Å². The summed E-state index contributed by atoms with van der Waals surface area (Å²) in [6.45, 7) is 5.32.